The summed E-state index contributed by atoms with van der Waals surface area (Å²) in [5.41, 5.74) is 1.37. The number of amides is 1. The molecule has 7 rings (SSSR count). The van der Waals surface area contributed by atoms with Crippen LogP contribution >= 0.6 is 56.5 Å². The second-order valence-electron chi connectivity index (χ2n) is 11.0. The zero-order valence-corrected chi connectivity index (χ0v) is 32.4. The first-order valence-electron chi connectivity index (χ1n) is 15.2. The minimum Gasteiger partial charge on any atom is -0.340 e. The Morgan fingerprint density at radius 3 is 1.94 bits per heavy atom. The predicted octanol–water partition coefficient (Wildman–Crippen LogP) is 8.38. The number of thiazole rings is 1. The van der Waals surface area contributed by atoms with Crippen LogP contribution in [0.25, 0.3) is 5.82 Å². The first kappa shape index (κ1) is 40.3. The molecule has 0 bridgehead atoms. The fourth-order valence-corrected chi connectivity index (χ4v) is 5.91. The average Bonchev–Trinajstić information content (AvgIpc) is 3.96. The maximum Gasteiger partial charge on any atom is 0.416 e. The molecule has 54 heavy (non-hydrogen) atoms. The van der Waals surface area contributed by atoms with Gasteiger partial charge in [0.05, 0.1) is 45.5 Å². The quantitative estimate of drug-likeness (QED) is 0.122. The summed E-state index contributed by atoms with van der Waals surface area (Å²) >= 11 is 5.49. The highest BCUT2D eigenvalue weighted by Gasteiger charge is 2.31. The van der Waals surface area contributed by atoms with Crippen molar-refractivity contribution in [3.05, 3.63) is 161 Å². The van der Waals surface area contributed by atoms with E-state index in [2.05, 4.69) is 75.4 Å². The van der Waals surface area contributed by atoms with E-state index in [1.165, 1.54) is 58.2 Å². The molecule has 0 saturated carbocycles. The summed E-state index contributed by atoms with van der Waals surface area (Å²) in [6, 6.07) is 13.1. The van der Waals surface area contributed by atoms with E-state index in [0.29, 0.717) is 29.2 Å². The van der Waals surface area contributed by atoms with Gasteiger partial charge in [0.2, 0.25) is 0 Å². The van der Waals surface area contributed by atoms with Crippen molar-refractivity contribution in [1.82, 2.24) is 38.6 Å². The van der Waals surface area contributed by atoms with Gasteiger partial charge in [0.25, 0.3) is 11.5 Å². The number of alkyl halides is 6. The lowest BCUT2D eigenvalue weighted by Gasteiger charge is -2.09. The van der Waals surface area contributed by atoms with Gasteiger partial charge in [0, 0.05) is 48.8 Å². The zero-order valence-electron chi connectivity index (χ0n) is 27.3. The number of imidazole rings is 3. The van der Waals surface area contributed by atoms with Gasteiger partial charge in [0.1, 0.15) is 9.39 Å². The Labute approximate surface area is 333 Å². The molecule has 20 heteroatoms. The first-order valence-corrected chi connectivity index (χ1v) is 18.3. The minimum absolute atomic E-state index is 0.160. The van der Waals surface area contributed by atoms with E-state index in [0.717, 1.165) is 31.7 Å². The average molecular weight is 991 g/mol. The van der Waals surface area contributed by atoms with Crippen molar-refractivity contribution in [1.29, 1.82) is 0 Å². The number of pyridine rings is 1. The number of hydrogen-bond acceptors (Lipinski definition) is 7. The molecule has 5 heterocycles. The number of benzene rings is 2. The number of rotatable bonds is 7. The number of H-pyrrole nitrogens is 1. The van der Waals surface area contributed by atoms with Gasteiger partial charge in [0.15, 0.2) is 5.82 Å². The topological polar surface area (TPSA) is 128 Å². The van der Waals surface area contributed by atoms with Gasteiger partial charge in [-0.2, -0.15) is 26.3 Å². The van der Waals surface area contributed by atoms with Crippen LogP contribution in [-0.4, -0.2) is 44.5 Å². The highest BCUT2D eigenvalue weighted by Crippen LogP contribution is 2.30. The lowest BCUT2D eigenvalue weighted by Crippen LogP contribution is -2.19. The molecular formula is C34H25F6I2N9O2S. The van der Waals surface area contributed by atoms with Crippen LogP contribution in [-0.2, 0) is 25.4 Å². The molecule has 5 aromatic heterocycles. The predicted molar refractivity (Wildman–Crippen MR) is 205 cm³/mol. The summed E-state index contributed by atoms with van der Waals surface area (Å²) in [5, 5.41) is 4.18. The molecule has 11 nitrogen and oxygen atoms in total. The standard InChI is InChI=1S/C20H14F3N5O2S.C11H8F3IN2.C3H3IN2/c21-20(22,23)14-3-1-2-13(6-14)8-27-9-17(24-11-27)28-5-4-15(7-18(28)29)26-19(30)16-10-31-12-25-16;12-11(13,14)9-3-1-2-8(4-9)5-17-6-10(15)16-7-17;4-3-1-5-2-6-3/h1-7,9-12H,8H2,(H,26,30);1-4,6-7H,5H2;1-2H,(H,5,6). The number of nitrogens with zero attached hydrogens (tertiary/aromatic N) is 7. The lowest BCUT2D eigenvalue weighted by molar-refractivity contribution is -0.138. The van der Waals surface area contributed by atoms with Crippen LogP contribution in [0.2, 0.25) is 0 Å². The van der Waals surface area contributed by atoms with Crippen LogP contribution in [0.3, 0.4) is 0 Å². The third-order valence-corrected chi connectivity index (χ3v) is 8.75. The minimum atomic E-state index is -4.42. The summed E-state index contributed by atoms with van der Waals surface area (Å²) in [4.78, 5) is 43.2. The van der Waals surface area contributed by atoms with Crippen LogP contribution in [0.15, 0.2) is 120 Å². The van der Waals surface area contributed by atoms with Crippen molar-refractivity contribution in [2.75, 3.05) is 5.32 Å². The summed E-state index contributed by atoms with van der Waals surface area (Å²) in [5.74, 6) is -0.127. The van der Waals surface area contributed by atoms with Crippen molar-refractivity contribution >= 4 is 68.1 Å². The second kappa shape index (κ2) is 18.0. The maximum atomic E-state index is 12.9. The van der Waals surface area contributed by atoms with Crippen molar-refractivity contribution < 1.29 is 31.1 Å². The summed E-state index contributed by atoms with van der Waals surface area (Å²) in [6.07, 6.45) is 2.52. The number of aromatic nitrogens is 8. The Kier molecular flexibility index (Phi) is 13.4. The molecular weight excluding hydrogens is 966 g/mol. The van der Waals surface area contributed by atoms with E-state index in [1.807, 2.05) is 0 Å². The zero-order chi connectivity index (χ0) is 38.9. The molecule has 0 saturated heterocycles. The van der Waals surface area contributed by atoms with Crippen molar-refractivity contribution in [2.24, 2.45) is 0 Å². The van der Waals surface area contributed by atoms with Crippen LogP contribution in [0.4, 0.5) is 32.0 Å². The van der Waals surface area contributed by atoms with E-state index in [4.69, 9.17) is 0 Å². The maximum absolute atomic E-state index is 12.9. The number of anilines is 1. The van der Waals surface area contributed by atoms with Crippen molar-refractivity contribution in [3.8, 4) is 5.82 Å². The van der Waals surface area contributed by atoms with Crippen LogP contribution in [0.5, 0.6) is 0 Å². The molecule has 0 aliphatic carbocycles. The molecule has 0 atom stereocenters. The van der Waals surface area contributed by atoms with E-state index in [-0.39, 0.29) is 12.2 Å². The van der Waals surface area contributed by atoms with E-state index >= 15 is 0 Å². The fourth-order valence-electron chi connectivity index (χ4n) is 4.60. The molecule has 0 fully saturated rings. The van der Waals surface area contributed by atoms with Gasteiger partial charge < -0.3 is 19.4 Å². The normalized spacial score (nSPS) is 11.3. The number of hydrogen-bond donors (Lipinski definition) is 2. The number of halogens is 8. The number of aromatic amines is 1. The second-order valence-corrected chi connectivity index (χ2v) is 14.0. The first-order chi connectivity index (χ1) is 25.6. The van der Waals surface area contributed by atoms with Gasteiger partial charge in [-0.1, -0.05) is 24.3 Å². The van der Waals surface area contributed by atoms with Crippen molar-refractivity contribution in [3.63, 3.8) is 0 Å². The molecule has 2 N–H and O–H groups in total. The number of nitrogens with one attached hydrogen (secondary N) is 2. The summed E-state index contributed by atoms with van der Waals surface area (Å²) in [6.45, 7) is 0.549. The Bertz CT molecular complexity index is 2340. The molecule has 1 amide bonds. The summed E-state index contributed by atoms with van der Waals surface area (Å²) in [7, 11) is 0. The molecule has 0 unspecified atom stereocenters. The highest BCUT2D eigenvalue weighted by atomic mass is 127. The van der Waals surface area contributed by atoms with E-state index < -0.39 is 34.9 Å². The molecule has 7 aromatic rings. The fraction of sp³-hybridized carbons (Fsp3) is 0.118. The molecule has 0 aliphatic heterocycles. The third-order valence-electron chi connectivity index (χ3n) is 7.01. The molecule has 280 valence electrons. The SMILES string of the molecule is FC(F)(F)c1cccc(Cn2cnc(I)c2)c1.Ic1cnc[nH]1.O=C(Nc1ccn(-c2cn(Cc3cccc(C(F)(F)F)c3)cn2)c(=O)c1)c1cscn1. The van der Waals surface area contributed by atoms with Gasteiger partial charge >= 0.3 is 12.4 Å². The summed E-state index contributed by atoms with van der Waals surface area (Å²) < 4.78 is 82.6. The van der Waals surface area contributed by atoms with Crippen LogP contribution < -0.4 is 10.9 Å². The monoisotopic (exact) mass is 991 g/mol. The van der Waals surface area contributed by atoms with Gasteiger partial charge in [-0.3, -0.25) is 14.2 Å². The lowest BCUT2D eigenvalue weighted by atomic mass is 10.1. The Morgan fingerprint density at radius 2 is 1.46 bits per heavy atom. The van der Waals surface area contributed by atoms with E-state index in [9.17, 15) is 35.9 Å². The van der Waals surface area contributed by atoms with Gasteiger partial charge in [-0.15, -0.1) is 11.3 Å². The Hall–Kier alpha value is -4.84. The largest absolute Gasteiger partial charge is 0.416 e. The molecule has 0 radical (unpaired) electrons. The number of carbonyl (C=O) groups is 1. The van der Waals surface area contributed by atoms with Crippen LogP contribution in [0, 0.1) is 7.40 Å². The number of carbonyl (C=O) groups excluding carboxylic acids is 1. The smallest absolute Gasteiger partial charge is 0.340 e. The van der Waals surface area contributed by atoms with E-state index in [1.54, 1.807) is 57.9 Å². The third kappa shape index (κ3) is 11.8. The Morgan fingerprint density at radius 1 is 0.833 bits per heavy atom. The van der Waals surface area contributed by atoms with Crippen LogP contribution in [0.1, 0.15) is 32.7 Å². The van der Waals surface area contributed by atoms with Crippen molar-refractivity contribution in [2.45, 2.75) is 25.4 Å². The highest BCUT2D eigenvalue weighted by molar-refractivity contribution is 14.1. The van der Waals surface area contributed by atoms with Gasteiger partial charge in [-0.05, 0) is 86.6 Å². The Balaban J connectivity index is 0.000000202. The van der Waals surface area contributed by atoms with Gasteiger partial charge in [-0.25, -0.2) is 19.9 Å². The molecule has 0 spiro atoms. The molecule has 0 aliphatic rings. The molecule has 2 aromatic carbocycles.